The first kappa shape index (κ1) is 20.4. The van der Waals surface area contributed by atoms with Gasteiger partial charge in [-0.1, -0.05) is 54.6 Å². The molecule has 0 saturated carbocycles. The average Bonchev–Trinajstić information content (AvgIpc) is 3.18. The fraction of sp³-hybridized carbons (Fsp3) is 0.190. The summed E-state index contributed by atoms with van der Waals surface area (Å²) < 4.78 is 68.8. The van der Waals surface area contributed by atoms with Crippen LogP contribution in [-0.2, 0) is 14.7 Å². The summed E-state index contributed by atoms with van der Waals surface area (Å²) in [6.07, 6.45) is -6.24. The monoisotopic (exact) mass is 434 g/mol. The standard InChI is InChI=1S/C21H17F3N2O3S/c22-21(23,24)20-19(30(27,28)17-13-7-8-14-25-17)18(15-9-3-1-4-10-15)26(29-20)16-11-5-2-6-12-16/h1-14,18-20H/t18-,19-,20-/m1/s1. The van der Waals surface area contributed by atoms with Gasteiger partial charge in [-0.3, -0.25) is 4.84 Å². The summed E-state index contributed by atoms with van der Waals surface area (Å²) in [6, 6.07) is 19.2. The molecule has 156 valence electrons. The highest BCUT2D eigenvalue weighted by Gasteiger charge is 2.62. The number of hydrogen-bond acceptors (Lipinski definition) is 5. The Kier molecular flexibility index (Phi) is 5.25. The molecule has 1 aliphatic heterocycles. The number of para-hydroxylation sites is 1. The van der Waals surface area contributed by atoms with E-state index in [-0.39, 0.29) is 0 Å². The third-order valence-electron chi connectivity index (χ3n) is 4.85. The number of pyridine rings is 1. The maximum Gasteiger partial charge on any atom is 0.418 e. The lowest BCUT2D eigenvalue weighted by atomic mass is 10.0. The van der Waals surface area contributed by atoms with Crippen LogP contribution < -0.4 is 5.06 Å². The summed E-state index contributed by atoms with van der Waals surface area (Å²) in [7, 11) is -4.51. The molecule has 2 aromatic carbocycles. The van der Waals surface area contributed by atoms with Crippen LogP contribution in [0.25, 0.3) is 0 Å². The Morgan fingerprint density at radius 1 is 0.867 bits per heavy atom. The smallest absolute Gasteiger partial charge is 0.258 e. The summed E-state index contributed by atoms with van der Waals surface area (Å²) in [5, 5.41) is -1.34. The summed E-state index contributed by atoms with van der Waals surface area (Å²) in [4.78, 5) is 9.11. The number of nitrogens with zero attached hydrogens (tertiary/aromatic N) is 2. The van der Waals surface area contributed by atoms with Gasteiger partial charge in [0.15, 0.2) is 5.03 Å². The predicted octanol–water partition coefficient (Wildman–Crippen LogP) is 4.35. The van der Waals surface area contributed by atoms with E-state index in [4.69, 9.17) is 4.84 Å². The largest absolute Gasteiger partial charge is 0.418 e. The molecule has 9 heteroatoms. The van der Waals surface area contributed by atoms with Crippen LogP contribution in [0.3, 0.4) is 0 Å². The van der Waals surface area contributed by atoms with E-state index < -0.39 is 38.4 Å². The zero-order valence-corrected chi connectivity index (χ0v) is 16.3. The van der Waals surface area contributed by atoms with Gasteiger partial charge in [0.2, 0.25) is 15.9 Å². The van der Waals surface area contributed by atoms with Crippen LogP contribution >= 0.6 is 0 Å². The number of anilines is 1. The molecule has 1 fully saturated rings. The summed E-state index contributed by atoms with van der Waals surface area (Å²) >= 11 is 0. The van der Waals surface area contributed by atoms with Gasteiger partial charge >= 0.3 is 6.18 Å². The van der Waals surface area contributed by atoms with Crippen LogP contribution in [0.5, 0.6) is 0 Å². The van der Waals surface area contributed by atoms with Gasteiger partial charge in [-0.2, -0.15) is 13.2 Å². The minimum Gasteiger partial charge on any atom is -0.258 e. The van der Waals surface area contributed by atoms with Crippen LogP contribution in [0.2, 0.25) is 0 Å². The quantitative estimate of drug-likeness (QED) is 0.611. The van der Waals surface area contributed by atoms with Crippen LogP contribution in [0, 0.1) is 0 Å². The maximum absolute atomic E-state index is 14.0. The Labute approximate surface area is 171 Å². The van der Waals surface area contributed by atoms with Gasteiger partial charge in [0.05, 0.1) is 5.69 Å². The first-order valence-electron chi connectivity index (χ1n) is 9.08. The van der Waals surface area contributed by atoms with Crippen LogP contribution in [0.15, 0.2) is 90.1 Å². The number of aromatic nitrogens is 1. The fourth-order valence-electron chi connectivity index (χ4n) is 3.55. The minimum atomic E-state index is -4.91. The second kappa shape index (κ2) is 7.73. The Bertz CT molecular complexity index is 1090. The van der Waals surface area contributed by atoms with Gasteiger partial charge in [-0.25, -0.2) is 18.5 Å². The zero-order chi connectivity index (χ0) is 21.4. The first-order chi connectivity index (χ1) is 14.3. The third kappa shape index (κ3) is 3.66. The van der Waals surface area contributed by atoms with Crippen molar-refractivity contribution in [2.75, 3.05) is 5.06 Å². The normalized spacial score (nSPS) is 22.2. The van der Waals surface area contributed by atoms with Crippen LogP contribution in [0.4, 0.5) is 18.9 Å². The lowest BCUT2D eigenvalue weighted by Crippen LogP contribution is -2.43. The highest BCUT2D eigenvalue weighted by molar-refractivity contribution is 7.92. The lowest BCUT2D eigenvalue weighted by Gasteiger charge is -2.27. The van der Waals surface area contributed by atoms with Crippen molar-refractivity contribution in [3.8, 4) is 0 Å². The highest BCUT2D eigenvalue weighted by atomic mass is 32.2. The number of sulfone groups is 1. The summed E-state index contributed by atoms with van der Waals surface area (Å²) in [5.41, 5.74) is 0.705. The number of alkyl halides is 3. The molecule has 0 spiro atoms. The van der Waals surface area contributed by atoms with E-state index in [1.165, 1.54) is 24.4 Å². The topological polar surface area (TPSA) is 59.5 Å². The Morgan fingerprint density at radius 3 is 2.03 bits per heavy atom. The van der Waals surface area contributed by atoms with Crippen LogP contribution in [0.1, 0.15) is 11.6 Å². The second-order valence-electron chi connectivity index (χ2n) is 6.76. The molecule has 4 rings (SSSR count). The Balaban J connectivity index is 1.93. The molecule has 0 unspecified atom stereocenters. The minimum absolute atomic E-state index is 0.319. The molecular weight excluding hydrogens is 417 g/mol. The van der Waals surface area contributed by atoms with Gasteiger partial charge in [0, 0.05) is 6.20 Å². The van der Waals surface area contributed by atoms with Crippen molar-refractivity contribution in [1.29, 1.82) is 0 Å². The van der Waals surface area contributed by atoms with Crippen molar-refractivity contribution in [1.82, 2.24) is 4.98 Å². The molecule has 2 heterocycles. The number of rotatable bonds is 4. The molecule has 1 aromatic heterocycles. The van der Waals surface area contributed by atoms with Gasteiger partial charge in [-0.05, 0) is 29.8 Å². The van der Waals surface area contributed by atoms with Gasteiger partial charge in [-0.15, -0.1) is 0 Å². The SMILES string of the molecule is O=S(=O)(c1ccccn1)[C@@H]1[C@@H](c2ccccc2)N(c2ccccc2)O[C@H]1C(F)(F)F. The van der Waals surface area contributed by atoms with Crippen molar-refractivity contribution >= 4 is 15.5 Å². The molecule has 1 aliphatic rings. The van der Waals surface area contributed by atoms with E-state index in [2.05, 4.69) is 4.98 Å². The number of hydrogen-bond donors (Lipinski definition) is 0. The molecule has 1 saturated heterocycles. The molecule has 0 amide bonds. The zero-order valence-electron chi connectivity index (χ0n) is 15.5. The van der Waals surface area contributed by atoms with Crippen molar-refractivity contribution in [3.05, 3.63) is 90.6 Å². The van der Waals surface area contributed by atoms with E-state index in [0.717, 1.165) is 5.06 Å². The summed E-state index contributed by atoms with van der Waals surface area (Å²) in [5.74, 6) is 0. The number of benzene rings is 2. The first-order valence-corrected chi connectivity index (χ1v) is 10.6. The highest BCUT2D eigenvalue weighted by Crippen LogP contribution is 2.47. The van der Waals surface area contributed by atoms with E-state index in [0.29, 0.717) is 11.3 Å². The third-order valence-corrected chi connectivity index (χ3v) is 6.90. The molecule has 0 N–H and O–H groups in total. The Morgan fingerprint density at radius 2 is 1.47 bits per heavy atom. The van der Waals surface area contributed by atoms with Crippen molar-refractivity contribution in [3.63, 3.8) is 0 Å². The lowest BCUT2D eigenvalue weighted by molar-refractivity contribution is -0.208. The predicted molar refractivity (Wildman–Crippen MR) is 104 cm³/mol. The second-order valence-corrected chi connectivity index (χ2v) is 8.81. The van der Waals surface area contributed by atoms with E-state index >= 15 is 0 Å². The van der Waals surface area contributed by atoms with Crippen molar-refractivity contribution < 1.29 is 26.4 Å². The molecular formula is C21H17F3N2O3S. The van der Waals surface area contributed by atoms with E-state index in [1.807, 2.05) is 0 Å². The van der Waals surface area contributed by atoms with Crippen molar-refractivity contribution in [2.24, 2.45) is 0 Å². The number of hydroxylamine groups is 1. The Hall–Kier alpha value is -2.91. The fourth-order valence-corrected chi connectivity index (χ4v) is 5.44. The molecule has 5 nitrogen and oxygen atoms in total. The maximum atomic E-state index is 14.0. The molecule has 30 heavy (non-hydrogen) atoms. The van der Waals surface area contributed by atoms with Gasteiger partial charge in [0.25, 0.3) is 0 Å². The van der Waals surface area contributed by atoms with Crippen LogP contribution in [-0.4, -0.2) is 30.9 Å². The molecule has 3 atom stereocenters. The van der Waals surface area contributed by atoms with E-state index in [1.54, 1.807) is 60.7 Å². The summed E-state index contributed by atoms with van der Waals surface area (Å²) in [6.45, 7) is 0. The van der Waals surface area contributed by atoms with E-state index in [9.17, 15) is 21.6 Å². The molecule has 0 bridgehead atoms. The average molecular weight is 434 g/mol. The molecule has 3 aromatic rings. The molecule has 0 aliphatic carbocycles. The van der Waals surface area contributed by atoms with Gasteiger partial charge in [0.1, 0.15) is 11.3 Å². The van der Waals surface area contributed by atoms with Gasteiger partial charge < -0.3 is 0 Å². The molecule has 0 radical (unpaired) electrons. The van der Waals surface area contributed by atoms with Crippen molar-refractivity contribution in [2.45, 2.75) is 28.6 Å². The number of halogens is 3.